The van der Waals surface area contributed by atoms with E-state index in [1.165, 1.54) is 16.8 Å². The van der Waals surface area contributed by atoms with E-state index >= 15 is 0 Å². The Morgan fingerprint density at radius 3 is 2.68 bits per heavy atom. The number of fused-ring (bicyclic) bond motifs is 4. The summed E-state index contributed by atoms with van der Waals surface area (Å²) in [5, 5.41) is 13.7. The Morgan fingerprint density at radius 1 is 1.18 bits per heavy atom. The number of halogens is 2. The van der Waals surface area contributed by atoms with Gasteiger partial charge >= 0.3 is 0 Å². The van der Waals surface area contributed by atoms with Gasteiger partial charge in [0.25, 0.3) is 11.8 Å². The van der Waals surface area contributed by atoms with Gasteiger partial charge in [0.05, 0.1) is 11.6 Å². The molecule has 2 atom stereocenters. The highest BCUT2D eigenvalue weighted by Crippen LogP contribution is 2.38. The summed E-state index contributed by atoms with van der Waals surface area (Å²) in [6.45, 7) is 1.98. The zero-order valence-corrected chi connectivity index (χ0v) is 20.7. The van der Waals surface area contributed by atoms with Gasteiger partial charge in [-0.3, -0.25) is 14.4 Å². The molecular formula is C28H27F2N3O5. The van der Waals surface area contributed by atoms with Gasteiger partial charge in [0.1, 0.15) is 23.8 Å². The number of aromatic nitrogens is 1. The molecule has 0 saturated carbocycles. The monoisotopic (exact) mass is 523 g/mol. The Balaban J connectivity index is 1.57. The number of amides is 2. The van der Waals surface area contributed by atoms with Crippen molar-refractivity contribution in [1.82, 2.24) is 14.8 Å². The zero-order valence-electron chi connectivity index (χ0n) is 20.7. The van der Waals surface area contributed by atoms with Gasteiger partial charge in [-0.1, -0.05) is 36.4 Å². The van der Waals surface area contributed by atoms with Crippen LogP contribution >= 0.6 is 0 Å². The van der Waals surface area contributed by atoms with E-state index in [0.717, 1.165) is 11.6 Å². The number of benzene rings is 2. The lowest BCUT2D eigenvalue weighted by molar-refractivity contribution is -0.00814. The number of nitrogens with one attached hydrogen (secondary N) is 1. The van der Waals surface area contributed by atoms with Crippen molar-refractivity contribution in [3.63, 3.8) is 0 Å². The predicted molar refractivity (Wildman–Crippen MR) is 134 cm³/mol. The fraction of sp³-hybridized carbons (Fsp3) is 0.321. The first-order valence-corrected chi connectivity index (χ1v) is 12.4. The molecule has 2 aliphatic heterocycles. The normalized spacial score (nSPS) is 20.5. The quantitative estimate of drug-likeness (QED) is 0.517. The second-order valence-electron chi connectivity index (χ2n) is 9.88. The maximum absolute atomic E-state index is 14.1. The van der Waals surface area contributed by atoms with Crippen molar-refractivity contribution < 1.29 is 28.2 Å². The summed E-state index contributed by atoms with van der Waals surface area (Å²) in [5.41, 5.74) is -1.57. The largest absolute Gasteiger partial charge is 0.483 e. The van der Waals surface area contributed by atoms with Crippen molar-refractivity contribution in [2.75, 3.05) is 13.1 Å². The molecule has 0 aliphatic carbocycles. The van der Waals surface area contributed by atoms with Gasteiger partial charge in [-0.2, -0.15) is 0 Å². The van der Waals surface area contributed by atoms with Gasteiger partial charge in [-0.25, -0.2) is 8.78 Å². The first kappa shape index (κ1) is 25.6. The Kier molecular flexibility index (Phi) is 6.75. The molecule has 0 radical (unpaired) electrons. The van der Waals surface area contributed by atoms with Crippen LogP contribution in [0.4, 0.5) is 8.78 Å². The fourth-order valence-electron chi connectivity index (χ4n) is 5.04. The van der Waals surface area contributed by atoms with Crippen LogP contribution in [0, 0.1) is 11.6 Å². The van der Waals surface area contributed by atoms with Crippen LogP contribution in [-0.4, -0.2) is 45.1 Å². The molecule has 198 valence electrons. The average molecular weight is 524 g/mol. The van der Waals surface area contributed by atoms with Gasteiger partial charge in [-0.05, 0) is 31.4 Å². The summed E-state index contributed by atoms with van der Waals surface area (Å²) in [7, 11) is 0. The van der Waals surface area contributed by atoms with Crippen LogP contribution < -0.4 is 15.5 Å². The summed E-state index contributed by atoms with van der Waals surface area (Å²) >= 11 is 0. The molecule has 3 aromatic rings. The lowest BCUT2D eigenvalue weighted by atomic mass is 9.90. The summed E-state index contributed by atoms with van der Waals surface area (Å²) in [6, 6.07) is 11.4. The number of ether oxygens (including phenoxy) is 1. The third-order valence-electron chi connectivity index (χ3n) is 7.17. The van der Waals surface area contributed by atoms with Crippen LogP contribution in [0.15, 0.2) is 59.5 Å². The Morgan fingerprint density at radius 2 is 1.95 bits per heavy atom. The number of nitrogens with zero attached hydrogens (tertiary/aromatic N) is 2. The van der Waals surface area contributed by atoms with Gasteiger partial charge < -0.3 is 24.6 Å². The van der Waals surface area contributed by atoms with E-state index in [1.54, 1.807) is 24.0 Å². The summed E-state index contributed by atoms with van der Waals surface area (Å²) in [4.78, 5) is 41.8. The van der Waals surface area contributed by atoms with E-state index in [-0.39, 0.29) is 42.3 Å². The van der Waals surface area contributed by atoms with Crippen molar-refractivity contribution in [1.29, 1.82) is 0 Å². The standard InChI is InChI=1S/C28H27F2N3O5/c1-28(37)10-5-11-32-15-22(28)33-14-20(26(35)31-13-18-8-9-19(29)12-21(18)30)24(34)25(23(33)27(32)36)38-16-17-6-3-2-4-7-17/h2-4,6-9,12,14,22,37H,5,10-11,13,15-16H2,1H3,(H,31,35). The van der Waals surface area contributed by atoms with Gasteiger partial charge in [0.15, 0.2) is 11.4 Å². The lowest BCUT2D eigenvalue weighted by Crippen LogP contribution is -2.50. The highest BCUT2D eigenvalue weighted by Gasteiger charge is 2.45. The van der Waals surface area contributed by atoms with Crippen molar-refractivity contribution in [3.05, 3.63) is 99.0 Å². The van der Waals surface area contributed by atoms with E-state index in [2.05, 4.69) is 5.32 Å². The Labute approximate surface area is 217 Å². The molecule has 2 aromatic carbocycles. The number of carbonyl (C=O) groups excluding carboxylic acids is 2. The molecule has 1 aromatic heterocycles. The maximum atomic E-state index is 14.1. The first-order chi connectivity index (χ1) is 18.2. The number of hydrogen-bond acceptors (Lipinski definition) is 5. The van der Waals surface area contributed by atoms with E-state index < -0.39 is 40.5 Å². The second-order valence-corrected chi connectivity index (χ2v) is 9.88. The molecule has 38 heavy (non-hydrogen) atoms. The first-order valence-electron chi connectivity index (χ1n) is 12.4. The molecular weight excluding hydrogens is 496 g/mol. The zero-order chi connectivity index (χ0) is 27.0. The molecule has 10 heteroatoms. The Hall–Kier alpha value is -4.05. The summed E-state index contributed by atoms with van der Waals surface area (Å²) in [5.74, 6) is -3.10. The van der Waals surface area contributed by atoms with Crippen LogP contribution in [0.1, 0.15) is 57.8 Å². The van der Waals surface area contributed by atoms with Gasteiger partial charge in [0, 0.05) is 37.5 Å². The number of hydrogen-bond donors (Lipinski definition) is 2. The number of rotatable bonds is 6. The third kappa shape index (κ3) is 4.79. The summed E-state index contributed by atoms with van der Waals surface area (Å²) in [6.07, 6.45) is 2.26. The minimum atomic E-state index is -1.22. The minimum absolute atomic E-state index is 0.0227. The topological polar surface area (TPSA) is 101 Å². The van der Waals surface area contributed by atoms with E-state index in [4.69, 9.17) is 4.74 Å². The molecule has 2 amide bonds. The van der Waals surface area contributed by atoms with Gasteiger partial charge in [0.2, 0.25) is 5.43 Å². The highest BCUT2D eigenvalue weighted by molar-refractivity contribution is 5.99. The minimum Gasteiger partial charge on any atom is -0.483 e. The van der Waals surface area contributed by atoms with Crippen molar-refractivity contribution in [3.8, 4) is 5.75 Å². The molecule has 8 nitrogen and oxygen atoms in total. The van der Waals surface area contributed by atoms with E-state index in [9.17, 15) is 28.3 Å². The van der Waals surface area contributed by atoms with Crippen LogP contribution in [0.3, 0.4) is 0 Å². The number of pyridine rings is 1. The molecule has 2 unspecified atom stereocenters. The maximum Gasteiger partial charge on any atom is 0.274 e. The van der Waals surface area contributed by atoms with Crippen LogP contribution in [0.5, 0.6) is 5.75 Å². The van der Waals surface area contributed by atoms with Crippen molar-refractivity contribution >= 4 is 11.8 Å². The van der Waals surface area contributed by atoms with Crippen LogP contribution in [0.25, 0.3) is 0 Å². The molecule has 0 spiro atoms. The number of aliphatic hydroxyl groups is 1. The van der Waals surface area contributed by atoms with Crippen LogP contribution in [0.2, 0.25) is 0 Å². The molecule has 2 N–H and O–H groups in total. The van der Waals surface area contributed by atoms with Gasteiger partial charge in [-0.15, -0.1) is 0 Å². The van der Waals surface area contributed by atoms with Crippen molar-refractivity contribution in [2.45, 2.75) is 44.6 Å². The average Bonchev–Trinajstić information content (AvgIpc) is 3.02. The number of carbonyl (C=O) groups is 2. The highest BCUT2D eigenvalue weighted by atomic mass is 19.1. The second kappa shape index (κ2) is 10.0. The predicted octanol–water partition coefficient (Wildman–Crippen LogP) is 3.18. The van der Waals surface area contributed by atoms with E-state index in [1.807, 2.05) is 18.2 Å². The Bertz CT molecular complexity index is 1450. The van der Waals surface area contributed by atoms with E-state index in [0.29, 0.717) is 25.5 Å². The third-order valence-corrected chi connectivity index (χ3v) is 7.17. The van der Waals surface area contributed by atoms with Crippen molar-refractivity contribution in [2.24, 2.45) is 0 Å². The molecule has 1 fully saturated rings. The summed E-state index contributed by atoms with van der Waals surface area (Å²) < 4.78 is 34.7. The lowest BCUT2D eigenvalue weighted by Gasteiger charge is -2.40. The SMILES string of the molecule is CC1(O)CCCN2CC1n1cc(C(=O)NCc3ccc(F)cc3F)c(=O)c(OCc3ccccc3)c1C2=O. The molecule has 2 bridgehead atoms. The molecule has 2 aliphatic rings. The molecule has 1 saturated heterocycles. The van der Waals surface area contributed by atoms with Crippen LogP contribution in [-0.2, 0) is 13.2 Å². The smallest absolute Gasteiger partial charge is 0.274 e. The fourth-order valence-corrected chi connectivity index (χ4v) is 5.04. The molecule has 3 heterocycles. The molecule has 5 rings (SSSR count).